The van der Waals surface area contributed by atoms with Gasteiger partial charge in [0.25, 0.3) is 0 Å². The third-order valence-electron chi connectivity index (χ3n) is 6.47. The largest absolute Gasteiger partial charge is 0.508 e. The first-order valence-corrected chi connectivity index (χ1v) is 13.0. The number of hydrogen-bond acceptors (Lipinski definition) is 8. The summed E-state index contributed by atoms with van der Waals surface area (Å²) in [5.41, 5.74) is 8.02. The summed E-state index contributed by atoms with van der Waals surface area (Å²) in [4.78, 5) is 76.3. The average Bonchev–Trinajstić information content (AvgIpc) is 3.35. The molecule has 0 spiro atoms. The zero-order valence-electron chi connectivity index (χ0n) is 22.6. The van der Waals surface area contributed by atoms with Gasteiger partial charge in [0.15, 0.2) is 0 Å². The summed E-state index contributed by atoms with van der Waals surface area (Å²) >= 11 is 0. The maximum Gasteiger partial charge on any atom is 0.326 e. The summed E-state index contributed by atoms with van der Waals surface area (Å²) in [5, 5.41) is 44.8. The van der Waals surface area contributed by atoms with E-state index in [1.807, 2.05) is 24.3 Å². The number of phenolic OH excluding ortho intramolecular Hbond substituents is 1. The third-order valence-corrected chi connectivity index (χ3v) is 6.47. The van der Waals surface area contributed by atoms with Gasteiger partial charge in [-0.3, -0.25) is 24.0 Å². The second-order valence-corrected chi connectivity index (χ2v) is 9.76. The molecule has 0 radical (unpaired) electrons. The normalized spacial score (nSPS) is 13.7. The van der Waals surface area contributed by atoms with Crippen LogP contribution in [0.2, 0.25) is 0 Å². The second kappa shape index (κ2) is 14.5. The van der Waals surface area contributed by atoms with Crippen molar-refractivity contribution >= 4 is 46.5 Å². The SMILES string of the molecule is NC(Cc1c[nH]c2ccccc12)C(=O)NC(CC(=O)O)C(=O)NC(Cc1ccc(O)cc1)C(=O)NC(CC(=O)O)C(=O)O. The van der Waals surface area contributed by atoms with E-state index in [9.17, 15) is 44.1 Å². The fraction of sp³-hybridized carbons (Fsp3) is 0.286. The van der Waals surface area contributed by atoms with Crippen molar-refractivity contribution < 1.29 is 49.2 Å². The molecule has 2 aromatic carbocycles. The van der Waals surface area contributed by atoms with Crippen LogP contribution < -0.4 is 21.7 Å². The van der Waals surface area contributed by atoms with Gasteiger partial charge >= 0.3 is 17.9 Å². The van der Waals surface area contributed by atoms with Crippen molar-refractivity contribution in [2.75, 3.05) is 0 Å². The number of carboxylic acid groups (broad SMARTS) is 3. The number of nitrogens with one attached hydrogen (secondary N) is 4. The minimum Gasteiger partial charge on any atom is -0.508 e. The lowest BCUT2D eigenvalue weighted by Gasteiger charge is -2.24. The molecule has 0 bridgehead atoms. The van der Waals surface area contributed by atoms with Crippen molar-refractivity contribution in [2.45, 2.75) is 49.9 Å². The molecule has 3 rings (SSSR count). The first-order valence-electron chi connectivity index (χ1n) is 13.0. The third kappa shape index (κ3) is 9.29. The molecule has 3 aromatic rings. The molecule has 1 aromatic heterocycles. The first-order chi connectivity index (χ1) is 20.3. The van der Waals surface area contributed by atoms with Gasteiger partial charge in [-0.15, -0.1) is 0 Å². The van der Waals surface area contributed by atoms with Crippen LogP contribution >= 0.6 is 0 Å². The van der Waals surface area contributed by atoms with E-state index in [2.05, 4.69) is 20.9 Å². The highest BCUT2D eigenvalue weighted by atomic mass is 16.4. The molecule has 0 aliphatic rings. The maximum absolute atomic E-state index is 13.2. The molecule has 15 heteroatoms. The number of benzene rings is 2. The van der Waals surface area contributed by atoms with Crippen molar-refractivity contribution in [3.63, 3.8) is 0 Å². The van der Waals surface area contributed by atoms with Crippen molar-refractivity contribution in [3.05, 3.63) is 65.9 Å². The Morgan fingerprint density at radius 2 is 1.28 bits per heavy atom. The van der Waals surface area contributed by atoms with Gasteiger partial charge < -0.3 is 47.1 Å². The van der Waals surface area contributed by atoms with Crippen LogP contribution in [0.25, 0.3) is 10.9 Å². The number of H-pyrrole nitrogens is 1. The first kappa shape index (κ1) is 32.1. The number of para-hydroxylation sites is 1. The molecule has 228 valence electrons. The number of carbonyl (C=O) groups excluding carboxylic acids is 3. The summed E-state index contributed by atoms with van der Waals surface area (Å²) in [7, 11) is 0. The molecule has 43 heavy (non-hydrogen) atoms. The van der Waals surface area contributed by atoms with Gasteiger partial charge in [-0.25, -0.2) is 4.79 Å². The Hall–Kier alpha value is -5.44. The van der Waals surface area contributed by atoms with Crippen LogP contribution in [-0.4, -0.2) is 85.2 Å². The van der Waals surface area contributed by atoms with Crippen molar-refractivity contribution in [1.82, 2.24) is 20.9 Å². The summed E-state index contributed by atoms with van der Waals surface area (Å²) in [6.45, 7) is 0. The number of phenols is 1. The summed E-state index contributed by atoms with van der Waals surface area (Å²) in [5.74, 6) is -7.66. The quantitative estimate of drug-likeness (QED) is 0.108. The van der Waals surface area contributed by atoms with Gasteiger partial charge in [0, 0.05) is 23.5 Å². The van der Waals surface area contributed by atoms with Crippen molar-refractivity contribution in [1.29, 1.82) is 0 Å². The van der Waals surface area contributed by atoms with Gasteiger partial charge in [0.05, 0.1) is 18.9 Å². The smallest absolute Gasteiger partial charge is 0.326 e. The minimum absolute atomic E-state index is 0.0588. The molecule has 0 fully saturated rings. The van der Waals surface area contributed by atoms with Gasteiger partial charge in [-0.2, -0.15) is 0 Å². The minimum atomic E-state index is -1.83. The number of aromatic hydroxyl groups is 1. The Morgan fingerprint density at radius 1 is 0.721 bits per heavy atom. The van der Waals surface area contributed by atoms with E-state index in [1.54, 1.807) is 6.20 Å². The Morgan fingerprint density at radius 3 is 1.91 bits per heavy atom. The summed E-state index contributed by atoms with van der Waals surface area (Å²) < 4.78 is 0. The molecule has 4 atom stereocenters. The van der Waals surface area contributed by atoms with E-state index in [1.165, 1.54) is 24.3 Å². The molecule has 0 aliphatic carbocycles. The van der Waals surface area contributed by atoms with Gasteiger partial charge in [-0.1, -0.05) is 30.3 Å². The van der Waals surface area contributed by atoms with E-state index in [0.29, 0.717) is 5.56 Å². The van der Waals surface area contributed by atoms with E-state index in [4.69, 9.17) is 10.8 Å². The van der Waals surface area contributed by atoms with Crippen LogP contribution in [0.1, 0.15) is 24.0 Å². The molecule has 10 N–H and O–H groups in total. The molecule has 1 heterocycles. The molecule has 0 saturated carbocycles. The van der Waals surface area contributed by atoms with Crippen LogP contribution in [0.5, 0.6) is 5.75 Å². The molecular formula is C28H31N5O10. The van der Waals surface area contributed by atoms with Crippen LogP contribution in [0.15, 0.2) is 54.7 Å². The highest BCUT2D eigenvalue weighted by Gasteiger charge is 2.32. The Bertz CT molecular complexity index is 1500. The van der Waals surface area contributed by atoms with Crippen LogP contribution in [0.3, 0.4) is 0 Å². The zero-order chi connectivity index (χ0) is 31.7. The number of amides is 3. The molecule has 0 aliphatic heterocycles. The maximum atomic E-state index is 13.2. The molecular weight excluding hydrogens is 566 g/mol. The van der Waals surface area contributed by atoms with Crippen molar-refractivity contribution in [2.24, 2.45) is 5.73 Å². The standard InChI is InChI=1S/C28H31N5O10/c29-18(10-15-13-30-19-4-2-1-3-17(15)19)25(39)31-21(11-23(35)36)27(41)32-20(9-14-5-7-16(34)8-6-14)26(40)33-22(28(42)43)12-24(37)38/h1-8,13,18,20-22,30,34H,9-12,29H2,(H,31,39)(H,32,41)(H,33,40)(H,35,36)(H,37,38)(H,42,43). The van der Waals surface area contributed by atoms with Crippen LogP contribution in [0, 0.1) is 0 Å². The number of nitrogens with two attached hydrogens (primary N) is 1. The predicted octanol–water partition coefficient (Wildman–Crippen LogP) is -0.526. The number of aliphatic carboxylic acids is 3. The van der Waals surface area contributed by atoms with Gasteiger partial charge in [0.2, 0.25) is 17.7 Å². The summed E-state index contributed by atoms with van der Waals surface area (Å²) in [6, 6.07) is 6.55. The number of fused-ring (bicyclic) bond motifs is 1. The Labute approximate surface area is 244 Å². The number of aromatic nitrogens is 1. The number of hydrogen-bond donors (Lipinski definition) is 9. The average molecular weight is 598 g/mol. The van der Waals surface area contributed by atoms with E-state index in [-0.39, 0.29) is 18.6 Å². The Balaban J connectivity index is 1.78. The zero-order valence-corrected chi connectivity index (χ0v) is 22.6. The lowest BCUT2D eigenvalue weighted by Crippen LogP contribution is -2.58. The Kier molecular flexibility index (Phi) is 10.8. The number of carbonyl (C=O) groups is 6. The monoisotopic (exact) mass is 597 g/mol. The second-order valence-electron chi connectivity index (χ2n) is 9.76. The van der Waals surface area contributed by atoms with E-state index in [0.717, 1.165) is 16.5 Å². The fourth-order valence-electron chi connectivity index (χ4n) is 4.29. The van der Waals surface area contributed by atoms with Gasteiger partial charge in [-0.05, 0) is 35.7 Å². The lowest BCUT2D eigenvalue weighted by atomic mass is 10.0. The molecule has 15 nitrogen and oxygen atoms in total. The van der Waals surface area contributed by atoms with E-state index < -0.39 is 72.6 Å². The lowest BCUT2D eigenvalue weighted by molar-refractivity contribution is -0.147. The molecule has 4 unspecified atom stereocenters. The van der Waals surface area contributed by atoms with Crippen LogP contribution in [-0.2, 0) is 41.6 Å². The topological polar surface area (TPSA) is 261 Å². The number of aromatic amines is 1. The number of carboxylic acids is 3. The molecule has 0 saturated heterocycles. The summed E-state index contributed by atoms with van der Waals surface area (Å²) in [6.07, 6.45) is -0.344. The predicted molar refractivity (Wildman–Crippen MR) is 150 cm³/mol. The highest BCUT2D eigenvalue weighted by Crippen LogP contribution is 2.19. The van der Waals surface area contributed by atoms with E-state index >= 15 is 0 Å². The number of rotatable bonds is 15. The molecule has 3 amide bonds. The van der Waals surface area contributed by atoms with Crippen molar-refractivity contribution in [3.8, 4) is 5.75 Å². The van der Waals surface area contributed by atoms with Crippen LogP contribution in [0.4, 0.5) is 0 Å². The highest BCUT2D eigenvalue weighted by molar-refractivity contribution is 5.96. The fourth-order valence-corrected chi connectivity index (χ4v) is 4.29. The van der Waals surface area contributed by atoms with Gasteiger partial charge in [0.1, 0.15) is 23.9 Å².